The molecule has 1 heterocycles. The second-order valence-electron chi connectivity index (χ2n) is 5.37. The monoisotopic (exact) mass is 283 g/mol. The first-order valence-electron chi connectivity index (χ1n) is 7.17. The van der Waals surface area contributed by atoms with Gasteiger partial charge in [0.15, 0.2) is 0 Å². The van der Waals surface area contributed by atoms with Crippen LogP contribution in [0, 0.1) is 11.3 Å². The van der Waals surface area contributed by atoms with Crippen molar-refractivity contribution in [3.8, 4) is 17.5 Å². The molecular formula is C16H17N3O2. The van der Waals surface area contributed by atoms with Gasteiger partial charge in [-0.3, -0.25) is 0 Å². The zero-order chi connectivity index (χ0) is 14.7. The number of nitriles is 1. The van der Waals surface area contributed by atoms with Crippen LogP contribution in [0.1, 0.15) is 43.5 Å². The highest BCUT2D eigenvalue weighted by Crippen LogP contribution is 2.39. The van der Waals surface area contributed by atoms with Gasteiger partial charge in [-0.25, -0.2) is 0 Å². The minimum absolute atomic E-state index is 0.424. The third-order valence-electron chi connectivity index (χ3n) is 4.12. The Morgan fingerprint density at radius 2 is 2.10 bits per heavy atom. The van der Waals surface area contributed by atoms with Crippen LogP contribution in [0.3, 0.4) is 0 Å². The van der Waals surface area contributed by atoms with E-state index in [2.05, 4.69) is 16.2 Å². The zero-order valence-electron chi connectivity index (χ0n) is 12.0. The summed E-state index contributed by atoms with van der Waals surface area (Å²) < 4.78 is 11.1. The lowest BCUT2D eigenvalue weighted by molar-refractivity contribution is -0.0527. The van der Waals surface area contributed by atoms with Gasteiger partial charge < -0.3 is 9.26 Å². The van der Waals surface area contributed by atoms with Gasteiger partial charge in [0, 0.05) is 12.7 Å². The molecule has 0 saturated heterocycles. The Hall–Kier alpha value is -2.19. The van der Waals surface area contributed by atoms with Crippen LogP contribution >= 0.6 is 0 Å². The lowest BCUT2D eigenvalue weighted by atomic mass is 9.84. The molecule has 1 saturated carbocycles. The molecule has 0 amide bonds. The average molecular weight is 283 g/mol. The molecule has 3 rings (SSSR count). The lowest BCUT2D eigenvalue weighted by Gasteiger charge is -2.32. The Balaban J connectivity index is 1.94. The summed E-state index contributed by atoms with van der Waals surface area (Å²) in [6.45, 7) is 0. The molecule has 2 aromatic rings. The number of benzene rings is 1. The number of ether oxygens (including phenoxy) is 1. The minimum Gasteiger partial charge on any atom is -0.370 e. The van der Waals surface area contributed by atoms with Crippen LogP contribution in [-0.4, -0.2) is 17.3 Å². The molecule has 0 atom stereocenters. The van der Waals surface area contributed by atoms with E-state index < -0.39 is 5.60 Å². The van der Waals surface area contributed by atoms with E-state index in [-0.39, 0.29) is 0 Å². The molecular weight excluding hydrogens is 266 g/mol. The third kappa shape index (κ3) is 2.55. The van der Waals surface area contributed by atoms with Gasteiger partial charge in [0.2, 0.25) is 5.82 Å². The van der Waals surface area contributed by atoms with E-state index >= 15 is 0 Å². The maximum absolute atomic E-state index is 8.96. The van der Waals surface area contributed by atoms with Gasteiger partial charge in [-0.05, 0) is 31.0 Å². The van der Waals surface area contributed by atoms with Gasteiger partial charge in [-0.1, -0.05) is 30.5 Å². The predicted molar refractivity (Wildman–Crippen MR) is 76.2 cm³/mol. The van der Waals surface area contributed by atoms with Gasteiger partial charge in [0.1, 0.15) is 5.60 Å². The molecule has 1 aromatic heterocycles. The molecule has 0 bridgehead atoms. The third-order valence-corrected chi connectivity index (χ3v) is 4.12. The van der Waals surface area contributed by atoms with Crippen molar-refractivity contribution in [2.24, 2.45) is 0 Å². The summed E-state index contributed by atoms with van der Waals surface area (Å²) in [5, 5.41) is 13.1. The van der Waals surface area contributed by atoms with Crippen LogP contribution < -0.4 is 0 Å². The Morgan fingerprint density at radius 1 is 1.29 bits per heavy atom. The van der Waals surface area contributed by atoms with Crippen molar-refractivity contribution in [2.45, 2.75) is 37.7 Å². The molecule has 0 N–H and O–H groups in total. The number of aromatic nitrogens is 2. The Labute approximate surface area is 123 Å². The number of rotatable bonds is 3. The van der Waals surface area contributed by atoms with Crippen molar-refractivity contribution in [1.82, 2.24) is 10.1 Å². The van der Waals surface area contributed by atoms with E-state index in [4.69, 9.17) is 14.5 Å². The smallest absolute Gasteiger partial charge is 0.258 e. The molecule has 1 aromatic carbocycles. The first-order valence-corrected chi connectivity index (χ1v) is 7.17. The highest BCUT2D eigenvalue weighted by molar-refractivity contribution is 5.56. The van der Waals surface area contributed by atoms with Gasteiger partial charge >= 0.3 is 0 Å². The molecule has 108 valence electrons. The first kappa shape index (κ1) is 13.8. The van der Waals surface area contributed by atoms with Crippen molar-refractivity contribution in [1.29, 1.82) is 5.26 Å². The molecule has 1 fully saturated rings. The first-order chi connectivity index (χ1) is 10.3. The van der Waals surface area contributed by atoms with Crippen molar-refractivity contribution in [2.75, 3.05) is 7.11 Å². The maximum atomic E-state index is 8.96. The Morgan fingerprint density at radius 3 is 2.81 bits per heavy atom. The van der Waals surface area contributed by atoms with E-state index in [9.17, 15) is 0 Å². The van der Waals surface area contributed by atoms with Crippen molar-refractivity contribution < 1.29 is 9.26 Å². The normalized spacial score (nSPS) is 17.3. The summed E-state index contributed by atoms with van der Waals surface area (Å²) in [5.41, 5.74) is 0.911. The summed E-state index contributed by atoms with van der Waals surface area (Å²) in [5.74, 6) is 1.05. The second-order valence-corrected chi connectivity index (χ2v) is 5.37. The van der Waals surface area contributed by atoms with Gasteiger partial charge in [-0.15, -0.1) is 0 Å². The summed E-state index contributed by atoms with van der Waals surface area (Å²) in [6, 6.07) is 9.28. The number of methoxy groups -OCH3 is 1. The van der Waals surface area contributed by atoms with E-state index in [0.29, 0.717) is 17.3 Å². The van der Waals surface area contributed by atoms with Crippen LogP contribution in [0.25, 0.3) is 11.5 Å². The van der Waals surface area contributed by atoms with Crippen LogP contribution in [0.4, 0.5) is 0 Å². The zero-order valence-corrected chi connectivity index (χ0v) is 12.0. The van der Waals surface area contributed by atoms with E-state index in [1.54, 1.807) is 19.2 Å². The minimum atomic E-state index is -0.424. The second kappa shape index (κ2) is 5.66. The SMILES string of the molecule is COC1(c2noc(-c3cccc(C#N)c3)n2)CCCCC1. The van der Waals surface area contributed by atoms with Crippen LogP contribution in [0.2, 0.25) is 0 Å². The molecule has 0 spiro atoms. The van der Waals surface area contributed by atoms with Gasteiger partial charge in [-0.2, -0.15) is 10.2 Å². The van der Waals surface area contributed by atoms with E-state index in [1.165, 1.54) is 6.42 Å². The fourth-order valence-corrected chi connectivity index (χ4v) is 2.89. The number of hydrogen-bond donors (Lipinski definition) is 0. The quantitative estimate of drug-likeness (QED) is 0.863. The van der Waals surface area contributed by atoms with Crippen molar-refractivity contribution in [3.63, 3.8) is 0 Å². The molecule has 5 heteroatoms. The summed E-state index contributed by atoms with van der Waals surface area (Å²) in [4.78, 5) is 4.51. The van der Waals surface area contributed by atoms with Crippen LogP contribution in [-0.2, 0) is 10.3 Å². The standard InChI is InChI=1S/C16H17N3O2/c1-20-16(8-3-2-4-9-16)15-18-14(21-19-15)13-7-5-6-12(10-13)11-17/h5-7,10H,2-4,8-9H2,1H3. The summed E-state index contributed by atoms with van der Waals surface area (Å²) >= 11 is 0. The topological polar surface area (TPSA) is 71.9 Å². The lowest BCUT2D eigenvalue weighted by Crippen LogP contribution is -2.32. The van der Waals surface area contributed by atoms with Crippen molar-refractivity contribution >= 4 is 0 Å². The Kier molecular flexibility index (Phi) is 3.72. The van der Waals surface area contributed by atoms with E-state index in [0.717, 1.165) is 31.2 Å². The predicted octanol–water partition coefficient (Wildman–Crippen LogP) is 3.41. The van der Waals surface area contributed by atoms with Gasteiger partial charge in [0.05, 0.1) is 11.6 Å². The summed E-state index contributed by atoms with van der Waals surface area (Å²) in [6.07, 6.45) is 5.28. The molecule has 21 heavy (non-hydrogen) atoms. The van der Waals surface area contributed by atoms with Crippen LogP contribution in [0.15, 0.2) is 28.8 Å². The number of hydrogen-bond acceptors (Lipinski definition) is 5. The fourth-order valence-electron chi connectivity index (χ4n) is 2.89. The fraction of sp³-hybridized carbons (Fsp3) is 0.438. The molecule has 5 nitrogen and oxygen atoms in total. The molecule has 0 aliphatic heterocycles. The van der Waals surface area contributed by atoms with E-state index in [1.807, 2.05) is 12.1 Å². The highest BCUT2D eigenvalue weighted by Gasteiger charge is 2.38. The average Bonchev–Trinajstić information content (AvgIpc) is 3.06. The summed E-state index contributed by atoms with van der Waals surface area (Å²) in [7, 11) is 1.71. The van der Waals surface area contributed by atoms with Crippen LogP contribution in [0.5, 0.6) is 0 Å². The number of nitrogens with zero attached hydrogens (tertiary/aromatic N) is 3. The highest BCUT2D eigenvalue weighted by atomic mass is 16.5. The largest absolute Gasteiger partial charge is 0.370 e. The molecule has 0 radical (unpaired) electrons. The molecule has 0 unspecified atom stereocenters. The maximum Gasteiger partial charge on any atom is 0.258 e. The molecule has 1 aliphatic rings. The Bertz CT molecular complexity index is 666. The van der Waals surface area contributed by atoms with Gasteiger partial charge in [0.25, 0.3) is 5.89 Å². The van der Waals surface area contributed by atoms with Crippen molar-refractivity contribution in [3.05, 3.63) is 35.7 Å². The molecule has 1 aliphatic carbocycles.